The zero-order valence-electron chi connectivity index (χ0n) is 7.73. The van der Waals surface area contributed by atoms with Gasteiger partial charge in [-0.2, -0.15) is 0 Å². The Morgan fingerprint density at radius 1 is 1.64 bits per heavy atom. The lowest BCUT2D eigenvalue weighted by Gasteiger charge is -2.03. The summed E-state index contributed by atoms with van der Waals surface area (Å²) in [6, 6.07) is 1.73. The molecule has 5 heteroatoms. The molecule has 1 aromatic rings. The third-order valence-corrected chi connectivity index (χ3v) is 2.14. The first-order chi connectivity index (χ1) is 6.75. The van der Waals surface area contributed by atoms with Crippen molar-refractivity contribution in [2.24, 2.45) is 11.7 Å². The van der Waals surface area contributed by atoms with Gasteiger partial charge in [0.05, 0.1) is 0 Å². The van der Waals surface area contributed by atoms with E-state index in [2.05, 4.69) is 15.3 Å². The maximum Gasteiger partial charge on any atom is 0.286 e. The molecule has 14 heavy (non-hydrogen) atoms. The quantitative estimate of drug-likeness (QED) is 0.723. The molecular weight excluding hydrogens is 180 g/mol. The lowest BCUT2D eigenvalue weighted by molar-refractivity contribution is 0.0990. The molecule has 0 aliphatic heterocycles. The van der Waals surface area contributed by atoms with Crippen molar-refractivity contribution in [3.8, 4) is 0 Å². The monoisotopic (exact) mass is 192 g/mol. The number of hydrogen-bond donors (Lipinski definition) is 2. The van der Waals surface area contributed by atoms with Gasteiger partial charge in [-0.3, -0.25) is 4.79 Å². The van der Waals surface area contributed by atoms with Crippen molar-refractivity contribution in [1.29, 1.82) is 0 Å². The Morgan fingerprint density at radius 3 is 3.07 bits per heavy atom. The van der Waals surface area contributed by atoms with Crippen molar-refractivity contribution in [3.05, 3.63) is 18.1 Å². The van der Waals surface area contributed by atoms with Crippen molar-refractivity contribution >= 4 is 11.7 Å². The van der Waals surface area contributed by atoms with E-state index in [1.165, 1.54) is 19.0 Å². The fourth-order valence-corrected chi connectivity index (χ4v) is 1.15. The minimum Gasteiger partial charge on any atom is -0.370 e. The van der Waals surface area contributed by atoms with E-state index in [4.69, 9.17) is 5.73 Å². The standard InChI is InChI=1S/C9H12N4O/c10-8(14)9-11-4-3-7(13-9)12-5-6-1-2-6/h3-4,6H,1-2,5H2,(H2,10,14)(H,11,12,13). The molecule has 3 N–H and O–H groups in total. The number of anilines is 1. The molecule has 74 valence electrons. The molecule has 1 amide bonds. The van der Waals surface area contributed by atoms with E-state index in [9.17, 15) is 4.79 Å². The van der Waals surface area contributed by atoms with Gasteiger partial charge in [-0.25, -0.2) is 9.97 Å². The number of carbonyl (C=O) groups is 1. The van der Waals surface area contributed by atoms with Crippen LogP contribution >= 0.6 is 0 Å². The zero-order chi connectivity index (χ0) is 9.97. The smallest absolute Gasteiger partial charge is 0.286 e. The third-order valence-electron chi connectivity index (χ3n) is 2.14. The van der Waals surface area contributed by atoms with Crippen molar-refractivity contribution < 1.29 is 4.79 Å². The molecule has 1 fully saturated rings. The fourth-order valence-electron chi connectivity index (χ4n) is 1.15. The third kappa shape index (κ3) is 2.18. The molecule has 0 atom stereocenters. The molecule has 2 rings (SSSR count). The SMILES string of the molecule is NC(=O)c1nccc(NCC2CC2)n1. The Morgan fingerprint density at radius 2 is 2.43 bits per heavy atom. The average molecular weight is 192 g/mol. The molecule has 1 aliphatic carbocycles. The highest BCUT2D eigenvalue weighted by molar-refractivity contribution is 5.89. The maximum absolute atomic E-state index is 10.8. The van der Waals surface area contributed by atoms with Crippen LogP contribution in [0.3, 0.4) is 0 Å². The molecule has 1 heterocycles. The molecule has 0 spiro atoms. The molecular formula is C9H12N4O. The van der Waals surface area contributed by atoms with Crippen LogP contribution in [-0.2, 0) is 0 Å². The lowest BCUT2D eigenvalue weighted by atomic mass is 10.4. The van der Waals surface area contributed by atoms with Crippen LogP contribution in [0.15, 0.2) is 12.3 Å². The number of rotatable bonds is 4. The molecule has 0 saturated heterocycles. The van der Waals surface area contributed by atoms with E-state index in [1.54, 1.807) is 6.07 Å². The van der Waals surface area contributed by atoms with Gasteiger partial charge in [-0.15, -0.1) is 0 Å². The summed E-state index contributed by atoms with van der Waals surface area (Å²) < 4.78 is 0. The largest absolute Gasteiger partial charge is 0.370 e. The average Bonchev–Trinajstić information content (AvgIpc) is 2.99. The van der Waals surface area contributed by atoms with Crippen molar-refractivity contribution in [2.45, 2.75) is 12.8 Å². The molecule has 1 saturated carbocycles. The van der Waals surface area contributed by atoms with Gasteiger partial charge < -0.3 is 11.1 Å². The minimum atomic E-state index is -0.597. The molecule has 1 aromatic heterocycles. The fraction of sp³-hybridized carbons (Fsp3) is 0.444. The van der Waals surface area contributed by atoms with Gasteiger partial charge in [-0.05, 0) is 24.8 Å². The summed E-state index contributed by atoms with van der Waals surface area (Å²) in [5.41, 5.74) is 5.06. The Hall–Kier alpha value is -1.65. The van der Waals surface area contributed by atoms with E-state index in [-0.39, 0.29) is 5.82 Å². The minimum absolute atomic E-state index is 0.0609. The summed E-state index contributed by atoms with van der Waals surface area (Å²) in [7, 11) is 0. The first kappa shape index (κ1) is 8.93. The van der Waals surface area contributed by atoms with Crippen LogP contribution in [0.4, 0.5) is 5.82 Å². The normalized spacial score (nSPS) is 15.1. The van der Waals surface area contributed by atoms with Gasteiger partial charge in [0, 0.05) is 12.7 Å². The highest BCUT2D eigenvalue weighted by Crippen LogP contribution is 2.28. The van der Waals surface area contributed by atoms with Crippen molar-refractivity contribution in [2.75, 3.05) is 11.9 Å². The van der Waals surface area contributed by atoms with E-state index in [0.717, 1.165) is 12.5 Å². The molecule has 0 unspecified atom stereocenters. The van der Waals surface area contributed by atoms with Crippen molar-refractivity contribution in [3.63, 3.8) is 0 Å². The van der Waals surface area contributed by atoms with Crippen LogP contribution in [0.2, 0.25) is 0 Å². The highest BCUT2D eigenvalue weighted by Gasteiger charge is 2.20. The first-order valence-electron chi connectivity index (χ1n) is 4.62. The van der Waals surface area contributed by atoms with E-state index in [1.807, 2.05) is 0 Å². The van der Waals surface area contributed by atoms with Crippen LogP contribution in [0.25, 0.3) is 0 Å². The van der Waals surface area contributed by atoms with Gasteiger partial charge in [0.1, 0.15) is 5.82 Å². The van der Waals surface area contributed by atoms with Gasteiger partial charge in [0.15, 0.2) is 0 Å². The molecule has 0 aromatic carbocycles. The first-order valence-corrected chi connectivity index (χ1v) is 4.62. The number of nitrogens with two attached hydrogens (primary N) is 1. The molecule has 1 aliphatic rings. The Labute approximate surface area is 81.7 Å². The lowest BCUT2D eigenvalue weighted by Crippen LogP contribution is -2.16. The second-order valence-electron chi connectivity index (χ2n) is 3.45. The highest BCUT2D eigenvalue weighted by atomic mass is 16.1. The number of aromatic nitrogens is 2. The maximum atomic E-state index is 10.8. The summed E-state index contributed by atoms with van der Waals surface area (Å²) in [4.78, 5) is 18.5. The summed E-state index contributed by atoms with van der Waals surface area (Å²) >= 11 is 0. The summed E-state index contributed by atoms with van der Waals surface area (Å²) in [6.07, 6.45) is 4.09. The van der Waals surface area contributed by atoms with Crippen LogP contribution in [-0.4, -0.2) is 22.4 Å². The Kier molecular flexibility index (Phi) is 2.30. The van der Waals surface area contributed by atoms with E-state index >= 15 is 0 Å². The van der Waals surface area contributed by atoms with Gasteiger partial charge >= 0.3 is 0 Å². The van der Waals surface area contributed by atoms with E-state index < -0.39 is 5.91 Å². The van der Waals surface area contributed by atoms with Crippen LogP contribution in [0.1, 0.15) is 23.5 Å². The number of carbonyl (C=O) groups excluding carboxylic acids is 1. The number of hydrogen-bond acceptors (Lipinski definition) is 4. The van der Waals surface area contributed by atoms with Gasteiger partial charge in [-0.1, -0.05) is 0 Å². The summed E-state index contributed by atoms with van der Waals surface area (Å²) in [5.74, 6) is 0.897. The summed E-state index contributed by atoms with van der Waals surface area (Å²) in [5, 5.41) is 3.14. The Bertz CT molecular complexity index is 348. The van der Waals surface area contributed by atoms with Crippen LogP contribution in [0.5, 0.6) is 0 Å². The summed E-state index contributed by atoms with van der Waals surface area (Å²) in [6.45, 7) is 0.912. The molecule has 0 radical (unpaired) electrons. The second-order valence-corrected chi connectivity index (χ2v) is 3.45. The van der Waals surface area contributed by atoms with Gasteiger partial charge in [0.2, 0.25) is 5.82 Å². The van der Waals surface area contributed by atoms with Crippen LogP contribution in [0, 0.1) is 5.92 Å². The second kappa shape index (κ2) is 3.61. The van der Waals surface area contributed by atoms with Crippen molar-refractivity contribution in [1.82, 2.24) is 9.97 Å². The van der Waals surface area contributed by atoms with E-state index in [0.29, 0.717) is 5.82 Å². The predicted molar refractivity (Wildman–Crippen MR) is 51.8 cm³/mol. The van der Waals surface area contributed by atoms with Gasteiger partial charge in [0.25, 0.3) is 5.91 Å². The predicted octanol–water partition coefficient (Wildman–Crippen LogP) is 0.397. The zero-order valence-corrected chi connectivity index (χ0v) is 7.73. The number of nitrogens with one attached hydrogen (secondary N) is 1. The molecule has 0 bridgehead atoms. The number of nitrogens with zero attached hydrogens (tertiary/aromatic N) is 2. The topological polar surface area (TPSA) is 80.9 Å². The van der Waals surface area contributed by atoms with Crippen LogP contribution < -0.4 is 11.1 Å². The molecule has 5 nitrogen and oxygen atoms in total. The number of amides is 1. The number of primary amides is 1. The Balaban J connectivity index is 2.01.